The van der Waals surface area contributed by atoms with Crippen LogP contribution in [0.15, 0.2) is 24.3 Å². The van der Waals surface area contributed by atoms with Gasteiger partial charge in [-0.15, -0.1) is 6.58 Å². The predicted octanol–water partition coefficient (Wildman–Crippen LogP) is 3.19. The lowest BCUT2D eigenvalue weighted by Gasteiger charge is -2.43. The largest absolute Gasteiger partial charge is 0.388 e. The Bertz CT molecular complexity index is 399. The van der Waals surface area contributed by atoms with E-state index in [1.165, 1.54) is 0 Å². The van der Waals surface area contributed by atoms with E-state index in [1.54, 1.807) is 0 Å². The second kappa shape index (κ2) is 4.72. The van der Waals surface area contributed by atoms with Gasteiger partial charge in [-0.1, -0.05) is 19.9 Å². The summed E-state index contributed by atoms with van der Waals surface area (Å²) in [6.45, 7) is 12.5. The van der Waals surface area contributed by atoms with Crippen LogP contribution in [0.5, 0.6) is 0 Å². The quantitative estimate of drug-likeness (QED) is 0.797. The fourth-order valence-corrected chi connectivity index (χ4v) is 3.26. The first-order valence-corrected chi connectivity index (χ1v) is 7.04. The Morgan fingerprint density at radius 1 is 1.47 bits per heavy atom. The summed E-state index contributed by atoms with van der Waals surface area (Å²) in [6.07, 6.45) is 5.96. The van der Waals surface area contributed by atoms with Crippen LogP contribution < -0.4 is 0 Å². The van der Waals surface area contributed by atoms with Crippen molar-refractivity contribution in [2.75, 3.05) is 6.61 Å². The molecule has 1 aliphatic carbocycles. The van der Waals surface area contributed by atoms with Crippen molar-refractivity contribution in [2.45, 2.75) is 64.4 Å². The molecule has 1 spiro atoms. The van der Waals surface area contributed by atoms with Crippen molar-refractivity contribution in [3.8, 4) is 0 Å². The van der Waals surface area contributed by atoms with Crippen LogP contribution in [0, 0.1) is 5.41 Å². The van der Waals surface area contributed by atoms with Crippen molar-refractivity contribution in [2.24, 2.45) is 5.41 Å². The topological polar surface area (TPSA) is 38.7 Å². The van der Waals surface area contributed by atoms with E-state index < -0.39 is 11.9 Å². The van der Waals surface area contributed by atoms with Crippen LogP contribution in [-0.4, -0.2) is 29.2 Å². The van der Waals surface area contributed by atoms with Gasteiger partial charge in [0.1, 0.15) is 0 Å². The minimum atomic E-state index is -0.664. The molecule has 3 unspecified atom stereocenters. The average molecular weight is 266 g/mol. The zero-order valence-electron chi connectivity index (χ0n) is 12.5. The summed E-state index contributed by atoms with van der Waals surface area (Å²) in [6, 6.07) is 0. The van der Waals surface area contributed by atoms with Crippen LogP contribution >= 0.6 is 0 Å². The van der Waals surface area contributed by atoms with Crippen molar-refractivity contribution in [1.29, 1.82) is 0 Å². The van der Waals surface area contributed by atoms with Crippen molar-refractivity contribution >= 4 is 0 Å². The normalized spacial score (nSPS) is 41.3. The summed E-state index contributed by atoms with van der Waals surface area (Å²) in [4.78, 5) is 0. The molecule has 1 heterocycles. The number of aliphatic hydroxyl groups is 1. The van der Waals surface area contributed by atoms with E-state index in [9.17, 15) is 5.11 Å². The Balaban J connectivity index is 2.20. The van der Waals surface area contributed by atoms with Gasteiger partial charge in [-0.25, -0.2) is 0 Å². The minimum Gasteiger partial charge on any atom is -0.388 e. The van der Waals surface area contributed by atoms with E-state index in [4.69, 9.17) is 9.47 Å². The van der Waals surface area contributed by atoms with Gasteiger partial charge in [-0.2, -0.15) is 0 Å². The monoisotopic (exact) mass is 266 g/mol. The van der Waals surface area contributed by atoms with Crippen LogP contribution in [0.3, 0.4) is 0 Å². The molecule has 3 atom stereocenters. The fraction of sp³-hybridized carbons (Fsp3) is 0.750. The van der Waals surface area contributed by atoms with E-state index in [1.807, 2.05) is 19.1 Å². The van der Waals surface area contributed by atoms with Gasteiger partial charge in [-0.3, -0.25) is 0 Å². The number of aliphatic hydroxyl groups excluding tert-OH is 1. The molecule has 2 rings (SSSR count). The average Bonchev–Trinajstić information content (AvgIpc) is 2.61. The predicted molar refractivity (Wildman–Crippen MR) is 75.8 cm³/mol. The maximum absolute atomic E-state index is 10.2. The maximum Gasteiger partial charge on any atom is 0.189 e. The van der Waals surface area contributed by atoms with Crippen LogP contribution in [0.1, 0.15) is 47.0 Å². The summed E-state index contributed by atoms with van der Waals surface area (Å²) in [5.41, 5.74) is 0.440. The van der Waals surface area contributed by atoms with Gasteiger partial charge in [0.2, 0.25) is 0 Å². The van der Waals surface area contributed by atoms with Gasteiger partial charge in [0.15, 0.2) is 5.79 Å². The molecule has 2 aliphatic rings. The molecule has 3 heteroatoms. The molecule has 1 saturated heterocycles. The van der Waals surface area contributed by atoms with Gasteiger partial charge in [0.25, 0.3) is 0 Å². The Hall–Kier alpha value is -0.640. The van der Waals surface area contributed by atoms with Gasteiger partial charge in [-0.05, 0) is 43.8 Å². The highest BCUT2D eigenvalue weighted by Crippen LogP contribution is 2.48. The van der Waals surface area contributed by atoms with Gasteiger partial charge >= 0.3 is 0 Å². The number of allylic oxidation sites excluding steroid dienone is 1. The lowest BCUT2D eigenvalue weighted by atomic mass is 9.72. The van der Waals surface area contributed by atoms with Gasteiger partial charge in [0, 0.05) is 6.42 Å². The Kier molecular flexibility index (Phi) is 3.67. The number of hydrogen-bond acceptors (Lipinski definition) is 3. The molecule has 0 radical (unpaired) electrons. The van der Waals surface area contributed by atoms with Crippen molar-refractivity contribution in [3.63, 3.8) is 0 Å². The second-order valence-corrected chi connectivity index (χ2v) is 6.94. The number of ether oxygens (including phenoxy) is 2. The third-order valence-corrected chi connectivity index (χ3v) is 4.24. The SMILES string of the molecule is C=CCCC1(C)COC2(C=C(C)C(O)C(C)(C)C2)O1. The zero-order valence-corrected chi connectivity index (χ0v) is 12.5. The van der Waals surface area contributed by atoms with Crippen molar-refractivity contribution < 1.29 is 14.6 Å². The van der Waals surface area contributed by atoms with E-state index in [0.717, 1.165) is 18.4 Å². The smallest absolute Gasteiger partial charge is 0.189 e. The molecular formula is C16H26O3. The number of rotatable bonds is 3. The van der Waals surface area contributed by atoms with Crippen LogP contribution in [0.4, 0.5) is 0 Å². The molecular weight excluding hydrogens is 240 g/mol. The van der Waals surface area contributed by atoms with Crippen molar-refractivity contribution in [1.82, 2.24) is 0 Å². The second-order valence-electron chi connectivity index (χ2n) is 6.94. The molecule has 0 amide bonds. The summed E-state index contributed by atoms with van der Waals surface area (Å²) in [7, 11) is 0. The Labute approximate surface area is 116 Å². The Morgan fingerprint density at radius 2 is 2.16 bits per heavy atom. The third-order valence-electron chi connectivity index (χ3n) is 4.24. The highest BCUT2D eigenvalue weighted by Gasteiger charge is 2.52. The lowest BCUT2D eigenvalue weighted by molar-refractivity contribution is -0.184. The summed E-state index contributed by atoms with van der Waals surface area (Å²) in [5.74, 6) is -0.664. The standard InChI is InChI=1S/C16H26O3/c1-6-7-8-15(5)11-18-16(19-15)9-12(2)13(17)14(3,4)10-16/h6,9,13,17H,1,7-8,10-11H2,2-5H3. The first-order chi connectivity index (χ1) is 8.72. The van der Waals surface area contributed by atoms with Crippen molar-refractivity contribution in [3.05, 3.63) is 24.3 Å². The molecule has 0 aromatic rings. The van der Waals surface area contributed by atoms with E-state index in [0.29, 0.717) is 13.0 Å². The first-order valence-electron chi connectivity index (χ1n) is 7.04. The van der Waals surface area contributed by atoms with E-state index in [-0.39, 0.29) is 11.0 Å². The maximum atomic E-state index is 10.2. The zero-order chi connectivity index (χ0) is 14.3. The molecule has 0 aromatic heterocycles. The molecule has 1 aliphatic heterocycles. The van der Waals surface area contributed by atoms with Gasteiger partial charge < -0.3 is 14.6 Å². The molecule has 108 valence electrons. The molecule has 0 saturated carbocycles. The van der Waals surface area contributed by atoms with Crippen LogP contribution in [0.25, 0.3) is 0 Å². The molecule has 3 nitrogen and oxygen atoms in total. The summed E-state index contributed by atoms with van der Waals surface area (Å²) >= 11 is 0. The summed E-state index contributed by atoms with van der Waals surface area (Å²) in [5, 5.41) is 10.2. The molecule has 0 aromatic carbocycles. The number of hydrogen-bond donors (Lipinski definition) is 1. The first kappa shape index (κ1) is 14.8. The highest BCUT2D eigenvalue weighted by molar-refractivity contribution is 5.21. The molecule has 0 bridgehead atoms. The Morgan fingerprint density at radius 3 is 2.74 bits per heavy atom. The third kappa shape index (κ3) is 2.78. The lowest BCUT2D eigenvalue weighted by Crippen LogP contribution is -2.46. The molecule has 19 heavy (non-hydrogen) atoms. The van der Waals surface area contributed by atoms with Gasteiger partial charge in [0.05, 0.1) is 18.3 Å². The fourth-order valence-electron chi connectivity index (χ4n) is 3.26. The summed E-state index contributed by atoms with van der Waals surface area (Å²) < 4.78 is 12.3. The molecule has 1 fully saturated rings. The highest BCUT2D eigenvalue weighted by atomic mass is 16.8. The van der Waals surface area contributed by atoms with Crippen LogP contribution in [-0.2, 0) is 9.47 Å². The minimum absolute atomic E-state index is 0.234. The molecule has 1 N–H and O–H groups in total. The van der Waals surface area contributed by atoms with E-state index >= 15 is 0 Å². The van der Waals surface area contributed by atoms with Crippen LogP contribution in [0.2, 0.25) is 0 Å². The van der Waals surface area contributed by atoms with E-state index in [2.05, 4.69) is 27.4 Å².